The molecule has 1 aliphatic heterocycles. The van der Waals surface area contributed by atoms with E-state index in [0.717, 1.165) is 13.0 Å². The molecule has 1 heterocycles. The van der Waals surface area contributed by atoms with Gasteiger partial charge in [-0.05, 0) is 39.0 Å². The number of rotatable bonds is 7. The van der Waals surface area contributed by atoms with Gasteiger partial charge >= 0.3 is 5.91 Å². The van der Waals surface area contributed by atoms with Crippen molar-refractivity contribution in [3.63, 3.8) is 0 Å². The largest absolute Gasteiger partial charge is 0.338 e. The summed E-state index contributed by atoms with van der Waals surface area (Å²) in [5, 5.41) is 0. The molecule has 0 aromatic rings. The fraction of sp³-hybridized carbons (Fsp3) is 0.824. The van der Waals surface area contributed by atoms with Crippen LogP contribution in [0.25, 0.3) is 0 Å². The summed E-state index contributed by atoms with van der Waals surface area (Å²) in [5.74, 6) is 0.306. The second-order valence-electron chi connectivity index (χ2n) is 6.28. The number of amides is 1. The Hall–Kier alpha value is -0.630. The fourth-order valence-electron chi connectivity index (χ4n) is 2.93. The number of unbranched alkanes of at least 4 members (excludes halogenated alkanes) is 5. The minimum atomic E-state index is 0.306. The minimum absolute atomic E-state index is 0.306. The number of quaternary nitrogens is 1. The van der Waals surface area contributed by atoms with Gasteiger partial charge in [0.25, 0.3) is 0 Å². The molecule has 0 radical (unpaired) electrons. The van der Waals surface area contributed by atoms with E-state index in [1.165, 1.54) is 51.4 Å². The Balaban J connectivity index is 2.29. The lowest BCUT2D eigenvalue weighted by atomic mass is 10.0. The summed E-state index contributed by atoms with van der Waals surface area (Å²) < 4.78 is 0.617. The Morgan fingerprint density at radius 3 is 2.63 bits per heavy atom. The quantitative estimate of drug-likeness (QED) is 0.378. The number of carbonyl (C=O) groups excluding carboxylic acids is 1. The molecule has 2 heteroatoms. The molecule has 1 amide bonds. The summed E-state index contributed by atoms with van der Waals surface area (Å²) in [7, 11) is 2.11. The third-order valence-corrected chi connectivity index (χ3v) is 4.71. The van der Waals surface area contributed by atoms with E-state index in [0.29, 0.717) is 16.4 Å². The van der Waals surface area contributed by atoms with Crippen LogP contribution in [0.5, 0.6) is 0 Å². The van der Waals surface area contributed by atoms with Crippen LogP contribution in [0.2, 0.25) is 0 Å². The van der Waals surface area contributed by atoms with Gasteiger partial charge in [-0.3, -0.25) is 4.48 Å². The first-order chi connectivity index (χ1) is 9.11. The number of likely N-dealkylation sites (N-methyl/N-ethyl adjacent to an activating group) is 1. The van der Waals surface area contributed by atoms with Crippen LogP contribution in [-0.2, 0) is 4.79 Å². The van der Waals surface area contributed by atoms with Crippen LogP contribution in [0.3, 0.4) is 0 Å². The molecule has 0 saturated carbocycles. The van der Waals surface area contributed by atoms with Gasteiger partial charge in [-0.15, -0.1) is 0 Å². The molecule has 1 rings (SSSR count). The van der Waals surface area contributed by atoms with Crippen LogP contribution >= 0.6 is 0 Å². The van der Waals surface area contributed by atoms with Crippen molar-refractivity contribution in [3.05, 3.63) is 12.2 Å². The van der Waals surface area contributed by atoms with Crippen molar-refractivity contribution in [1.29, 1.82) is 0 Å². The van der Waals surface area contributed by atoms with Crippen LogP contribution in [-0.4, -0.2) is 30.0 Å². The zero-order valence-electron chi connectivity index (χ0n) is 13.2. The zero-order chi connectivity index (χ0) is 14.1. The Morgan fingerprint density at radius 2 is 1.95 bits per heavy atom. The lowest BCUT2D eigenvalue weighted by Crippen LogP contribution is -2.57. The van der Waals surface area contributed by atoms with E-state index in [2.05, 4.69) is 27.0 Å². The van der Waals surface area contributed by atoms with Crippen molar-refractivity contribution in [3.8, 4) is 0 Å². The summed E-state index contributed by atoms with van der Waals surface area (Å²) in [4.78, 5) is 12.4. The Labute approximate surface area is 119 Å². The van der Waals surface area contributed by atoms with Crippen molar-refractivity contribution < 1.29 is 9.28 Å². The predicted molar refractivity (Wildman–Crippen MR) is 81.9 cm³/mol. The maximum atomic E-state index is 12.4. The highest BCUT2D eigenvalue weighted by molar-refractivity contribution is 5.81. The molecule has 0 spiro atoms. The third-order valence-electron chi connectivity index (χ3n) is 4.71. The van der Waals surface area contributed by atoms with Gasteiger partial charge in [-0.2, -0.15) is 0 Å². The number of allylic oxidation sites excluding steroid dienone is 1. The molecule has 1 fully saturated rings. The maximum Gasteiger partial charge on any atom is 0.338 e. The highest BCUT2D eigenvalue weighted by Crippen LogP contribution is 2.24. The number of nitrogens with zero attached hydrogens (tertiary/aromatic N) is 1. The molecular weight excluding hydrogens is 234 g/mol. The highest BCUT2D eigenvalue weighted by Gasteiger charge is 2.37. The summed E-state index contributed by atoms with van der Waals surface area (Å²) >= 11 is 0. The van der Waals surface area contributed by atoms with Crippen LogP contribution in [0.15, 0.2) is 12.2 Å². The molecule has 0 aromatic carbocycles. The molecule has 0 N–H and O–H groups in total. The molecule has 2 atom stereocenters. The molecule has 0 aromatic heterocycles. The normalized spacial score (nSPS) is 27.8. The zero-order valence-corrected chi connectivity index (χ0v) is 13.2. The van der Waals surface area contributed by atoms with Gasteiger partial charge in [0.05, 0.1) is 19.6 Å². The molecule has 1 aliphatic rings. The first-order valence-corrected chi connectivity index (χ1v) is 8.17. The molecule has 2 nitrogen and oxygen atoms in total. The predicted octanol–water partition coefficient (Wildman–Crippen LogP) is 4.45. The van der Waals surface area contributed by atoms with E-state index < -0.39 is 0 Å². The van der Waals surface area contributed by atoms with Gasteiger partial charge < -0.3 is 0 Å². The Bertz CT molecular complexity index is 298. The molecule has 0 aliphatic carbocycles. The van der Waals surface area contributed by atoms with E-state index in [9.17, 15) is 4.79 Å². The number of hydrogen-bond donors (Lipinski definition) is 0. The van der Waals surface area contributed by atoms with Gasteiger partial charge in [0.15, 0.2) is 0 Å². The number of carbonyl (C=O) groups is 1. The smallest absolute Gasteiger partial charge is 0.257 e. The molecule has 1 saturated heterocycles. The molecule has 110 valence electrons. The third kappa shape index (κ3) is 5.10. The summed E-state index contributed by atoms with van der Waals surface area (Å²) in [6.45, 7) is 5.47. The van der Waals surface area contributed by atoms with E-state index in [4.69, 9.17) is 0 Å². The second kappa shape index (κ2) is 8.52. The maximum absolute atomic E-state index is 12.4. The van der Waals surface area contributed by atoms with Crippen molar-refractivity contribution in [2.24, 2.45) is 0 Å². The number of piperidine rings is 1. The van der Waals surface area contributed by atoms with Gasteiger partial charge in [-0.1, -0.05) is 38.7 Å². The van der Waals surface area contributed by atoms with Gasteiger partial charge in [-0.25, -0.2) is 4.79 Å². The summed E-state index contributed by atoms with van der Waals surface area (Å²) in [6, 6.07) is 0.482. The van der Waals surface area contributed by atoms with Gasteiger partial charge in [0.2, 0.25) is 0 Å². The Kier molecular flexibility index (Phi) is 7.37. The summed E-state index contributed by atoms with van der Waals surface area (Å²) in [6.07, 6.45) is 15.2. The van der Waals surface area contributed by atoms with Crippen LogP contribution < -0.4 is 0 Å². The fourth-order valence-corrected chi connectivity index (χ4v) is 2.93. The number of hydrogen-bond acceptors (Lipinski definition) is 1. The average molecular weight is 266 g/mol. The van der Waals surface area contributed by atoms with Crippen molar-refractivity contribution in [1.82, 2.24) is 0 Å². The monoisotopic (exact) mass is 266 g/mol. The van der Waals surface area contributed by atoms with Crippen LogP contribution in [0.4, 0.5) is 0 Å². The van der Waals surface area contributed by atoms with Crippen molar-refractivity contribution in [2.45, 2.75) is 77.7 Å². The molecule has 19 heavy (non-hydrogen) atoms. The molecule has 0 bridgehead atoms. The SMILES string of the molecule is CCCCCCCC=CC(=O)[N@@+]1(C)CCCCC1C. The van der Waals surface area contributed by atoms with Crippen LogP contribution in [0.1, 0.15) is 71.6 Å². The minimum Gasteiger partial charge on any atom is -0.257 e. The molecule has 1 unspecified atom stereocenters. The Morgan fingerprint density at radius 1 is 1.21 bits per heavy atom. The lowest BCUT2D eigenvalue weighted by molar-refractivity contribution is -0.861. The van der Waals surface area contributed by atoms with Crippen LogP contribution in [0, 0.1) is 0 Å². The van der Waals surface area contributed by atoms with Crippen molar-refractivity contribution >= 4 is 5.91 Å². The summed E-state index contributed by atoms with van der Waals surface area (Å²) in [5.41, 5.74) is 0. The second-order valence-corrected chi connectivity index (χ2v) is 6.28. The number of likely N-dealkylation sites (tertiary alicyclic amines) is 1. The van der Waals surface area contributed by atoms with Gasteiger partial charge in [0.1, 0.15) is 0 Å². The average Bonchev–Trinajstić information content (AvgIpc) is 2.41. The van der Waals surface area contributed by atoms with E-state index in [1.807, 2.05) is 6.08 Å². The highest BCUT2D eigenvalue weighted by atomic mass is 16.2. The first-order valence-electron chi connectivity index (χ1n) is 8.17. The standard InChI is InChI=1S/C17H32NO/c1-4-5-6-7-8-9-10-14-17(19)18(3)15-12-11-13-16(18)2/h10,14,16H,4-9,11-13,15H2,1-3H3/q+1/t16?,18-/m0/s1. The molecular formula is C17H32NO+. The van der Waals surface area contributed by atoms with Crippen molar-refractivity contribution in [2.75, 3.05) is 13.6 Å². The lowest BCUT2D eigenvalue weighted by Gasteiger charge is -2.40. The first kappa shape index (κ1) is 16.4. The van der Waals surface area contributed by atoms with E-state index in [-0.39, 0.29) is 0 Å². The van der Waals surface area contributed by atoms with E-state index >= 15 is 0 Å². The topological polar surface area (TPSA) is 17.1 Å². The van der Waals surface area contributed by atoms with E-state index in [1.54, 1.807) is 0 Å². The van der Waals surface area contributed by atoms with Gasteiger partial charge in [0, 0.05) is 6.08 Å².